The molecule has 1 aliphatic heterocycles. The van der Waals surface area contributed by atoms with E-state index in [0.717, 1.165) is 41.2 Å². The lowest BCUT2D eigenvalue weighted by molar-refractivity contribution is -0.137. The summed E-state index contributed by atoms with van der Waals surface area (Å²) < 4.78 is 46.9. The molecule has 2 heterocycles. The van der Waals surface area contributed by atoms with Crippen LogP contribution in [0.4, 0.5) is 24.5 Å². The fraction of sp³-hybridized carbons (Fsp3) is 0.409. The van der Waals surface area contributed by atoms with Crippen LogP contribution in [0.5, 0.6) is 0 Å². The van der Waals surface area contributed by atoms with Gasteiger partial charge in [0, 0.05) is 24.8 Å². The van der Waals surface area contributed by atoms with Gasteiger partial charge in [0.2, 0.25) is 5.91 Å². The highest BCUT2D eigenvalue weighted by Gasteiger charge is 2.37. The minimum Gasteiger partial charge on any atom is -0.370 e. The smallest absolute Gasteiger partial charge is 0.370 e. The highest BCUT2D eigenvalue weighted by Crippen LogP contribution is 2.38. The van der Waals surface area contributed by atoms with Gasteiger partial charge < -0.3 is 25.6 Å². The summed E-state index contributed by atoms with van der Waals surface area (Å²) in [6.45, 7) is -0.244. The van der Waals surface area contributed by atoms with Crippen molar-refractivity contribution in [2.75, 3.05) is 36.5 Å². The topological polar surface area (TPSA) is 99.8 Å². The zero-order chi connectivity index (χ0) is 25.2. The first-order valence-electron chi connectivity index (χ1n) is 10.8. The van der Waals surface area contributed by atoms with Crippen LogP contribution >= 0.6 is 22.9 Å². The van der Waals surface area contributed by atoms with Gasteiger partial charge in [-0.05, 0) is 43.2 Å². The number of amides is 3. The Morgan fingerprint density at radius 1 is 1.23 bits per heavy atom. The second kappa shape index (κ2) is 10.5. The molecule has 188 valence electrons. The van der Waals surface area contributed by atoms with Gasteiger partial charge in [-0.2, -0.15) is 13.2 Å². The fourth-order valence-corrected chi connectivity index (χ4v) is 4.52. The van der Waals surface area contributed by atoms with E-state index in [4.69, 9.17) is 16.3 Å². The zero-order valence-electron chi connectivity index (χ0n) is 18.3. The van der Waals surface area contributed by atoms with Gasteiger partial charge in [0.05, 0.1) is 27.1 Å². The van der Waals surface area contributed by atoms with E-state index in [1.807, 2.05) is 0 Å². The second-order valence-corrected chi connectivity index (χ2v) is 9.84. The predicted molar refractivity (Wildman–Crippen MR) is 125 cm³/mol. The van der Waals surface area contributed by atoms with Gasteiger partial charge in [-0.1, -0.05) is 11.6 Å². The van der Waals surface area contributed by atoms with Crippen LogP contribution in [0, 0.1) is 0 Å². The van der Waals surface area contributed by atoms with Gasteiger partial charge in [-0.15, -0.1) is 11.3 Å². The van der Waals surface area contributed by atoms with Gasteiger partial charge in [0.15, 0.2) is 0 Å². The summed E-state index contributed by atoms with van der Waals surface area (Å²) in [6, 6.07) is 5.65. The van der Waals surface area contributed by atoms with Gasteiger partial charge in [-0.3, -0.25) is 14.4 Å². The Morgan fingerprint density at radius 2 is 2.00 bits per heavy atom. The van der Waals surface area contributed by atoms with Crippen LogP contribution in [0.2, 0.25) is 4.34 Å². The summed E-state index contributed by atoms with van der Waals surface area (Å²) >= 11 is 6.94. The average molecular weight is 531 g/mol. The molecule has 1 saturated carbocycles. The molecular formula is C22H22ClF3N4O4S. The number of nitrogens with one attached hydrogen (secondary N) is 3. The Labute approximate surface area is 207 Å². The van der Waals surface area contributed by atoms with Crippen molar-refractivity contribution >= 4 is 52.0 Å². The Morgan fingerprint density at radius 3 is 2.63 bits per heavy atom. The monoisotopic (exact) mass is 530 g/mol. The van der Waals surface area contributed by atoms with Crippen molar-refractivity contribution < 1.29 is 32.3 Å². The number of morpholine rings is 1. The molecule has 4 rings (SSSR count). The van der Waals surface area contributed by atoms with Crippen molar-refractivity contribution in [1.82, 2.24) is 10.6 Å². The Kier molecular flexibility index (Phi) is 7.64. The first kappa shape index (κ1) is 25.4. The second-order valence-electron chi connectivity index (χ2n) is 8.12. The van der Waals surface area contributed by atoms with Crippen LogP contribution < -0.4 is 20.9 Å². The van der Waals surface area contributed by atoms with E-state index in [-0.39, 0.29) is 43.7 Å². The fourth-order valence-electron chi connectivity index (χ4n) is 3.56. The maximum atomic E-state index is 13.8. The third-order valence-corrected chi connectivity index (χ3v) is 6.67. The summed E-state index contributed by atoms with van der Waals surface area (Å²) in [5.41, 5.74) is -1.41. The van der Waals surface area contributed by atoms with Gasteiger partial charge in [0.1, 0.15) is 12.6 Å². The summed E-state index contributed by atoms with van der Waals surface area (Å²) in [6.07, 6.45) is -3.03. The molecular weight excluding hydrogens is 509 g/mol. The van der Waals surface area contributed by atoms with E-state index in [2.05, 4.69) is 16.0 Å². The maximum absolute atomic E-state index is 13.8. The summed E-state index contributed by atoms with van der Waals surface area (Å²) in [7, 11) is 0. The number of anilines is 2. The minimum atomic E-state index is -4.75. The van der Waals surface area contributed by atoms with Crippen LogP contribution in [0.15, 0.2) is 30.3 Å². The van der Waals surface area contributed by atoms with E-state index in [0.29, 0.717) is 9.21 Å². The molecule has 2 fully saturated rings. The van der Waals surface area contributed by atoms with Crippen molar-refractivity contribution in [3.05, 3.63) is 45.1 Å². The van der Waals surface area contributed by atoms with Crippen molar-refractivity contribution in [3.8, 4) is 0 Å². The van der Waals surface area contributed by atoms with Gasteiger partial charge in [0.25, 0.3) is 11.8 Å². The molecule has 1 saturated heterocycles. The number of nitrogens with zero attached hydrogens (tertiary/aromatic N) is 1. The number of rotatable bonds is 8. The third kappa shape index (κ3) is 6.51. The average Bonchev–Trinajstić information content (AvgIpc) is 3.53. The van der Waals surface area contributed by atoms with E-state index in [9.17, 15) is 27.6 Å². The summed E-state index contributed by atoms with van der Waals surface area (Å²) in [5.74, 6) is -1.57. The van der Waals surface area contributed by atoms with E-state index < -0.39 is 35.5 Å². The summed E-state index contributed by atoms with van der Waals surface area (Å²) in [4.78, 5) is 38.7. The number of carbonyl (C=O) groups excluding carboxylic acids is 3. The largest absolute Gasteiger partial charge is 0.418 e. The number of hydrogen-bond donors (Lipinski definition) is 3. The van der Waals surface area contributed by atoms with Crippen molar-refractivity contribution in [2.45, 2.75) is 31.1 Å². The van der Waals surface area contributed by atoms with Gasteiger partial charge >= 0.3 is 6.18 Å². The molecule has 2 aliphatic rings. The summed E-state index contributed by atoms with van der Waals surface area (Å²) in [5, 5.41) is 8.25. The number of hydrogen-bond acceptors (Lipinski definition) is 6. The molecule has 1 aromatic carbocycles. The highest BCUT2D eigenvalue weighted by atomic mass is 35.5. The lowest BCUT2D eigenvalue weighted by Crippen LogP contribution is -2.49. The molecule has 35 heavy (non-hydrogen) atoms. The predicted octanol–water partition coefficient (Wildman–Crippen LogP) is 3.27. The first-order chi connectivity index (χ1) is 16.6. The van der Waals surface area contributed by atoms with Crippen LogP contribution in [0.3, 0.4) is 0 Å². The molecule has 3 amide bonds. The molecule has 1 atom stereocenters. The number of carbonyl (C=O) groups is 3. The third-order valence-electron chi connectivity index (χ3n) is 5.44. The molecule has 8 nitrogen and oxygen atoms in total. The van der Waals surface area contributed by atoms with Crippen LogP contribution in [0.1, 0.15) is 28.1 Å². The Balaban J connectivity index is 1.48. The quantitative estimate of drug-likeness (QED) is 0.486. The highest BCUT2D eigenvalue weighted by molar-refractivity contribution is 7.18. The van der Waals surface area contributed by atoms with Crippen molar-refractivity contribution in [1.29, 1.82) is 0 Å². The zero-order valence-corrected chi connectivity index (χ0v) is 19.9. The standard InChI is InChI=1S/C22H22ClF3N4O4S/c23-18-6-5-17(35-18)21(33)27-10-15(28-12-1-2-12)20(32)29-13-3-4-16(14(9-13)22(24,25)26)30-7-8-34-11-19(30)31/h3-6,9,12,15,28H,1-2,7-8,10-11H2,(H,27,33)(H,29,32)/t15-/m0/s1. The maximum Gasteiger partial charge on any atom is 0.418 e. The van der Waals surface area contributed by atoms with Crippen LogP contribution in [-0.2, 0) is 20.5 Å². The Bertz CT molecular complexity index is 1120. The molecule has 13 heteroatoms. The van der Waals surface area contributed by atoms with E-state index >= 15 is 0 Å². The SMILES string of the molecule is O=C(NC[C@H](NC1CC1)C(=O)Nc1ccc(N2CCOCC2=O)c(C(F)(F)F)c1)c1ccc(Cl)s1. The lowest BCUT2D eigenvalue weighted by Gasteiger charge is -2.29. The van der Waals surface area contributed by atoms with Crippen LogP contribution in [0.25, 0.3) is 0 Å². The number of thiophene rings is 1. The molecule has 0 unspecified atom stereocenters. The van der Waals surface area contributed by atoms with Crippen molar-refractivity contribution in [3.63, 3.8) is 0 Å². The number of benzene rings is 1. The Hall–Kier alpha value is -2.67. The molecule has 1 aromatic heterocycles. The molecule has 0 spiro atoms. The van der Waals surface area contributed by atoms with E-state index in [1.165, 1.54) is 6.07 Å². The van der Waals surface area contributed by atoms with Crippen LogP contribution in [-0.4, -0.2) is 56.1 Å². The number of halogens is 4. The molecule has 0 bridgehead atoms. The molecule has 2 aromatic rings. The molecule has 3 N–H and O–H groups in total. The minimum absolute atomic E-state index is 0.00382. The molecule has 1 aliphatic carbocycles. The van der Waals surface area contributed by atoms with E-state index in [1.54, 1.807) is 12.1 Å². The first-order valence-corrected chi connectivity index (χ1v) is 12.0. The van der Waals surface area contributed by atoms with Gasteiger partial charge in [-0.25, -0.2) is 0 Å². The number of ether oxygens (including phenoxy) is 1. The lowest BCUT2D eigenvalue weighted by atomic mass is 10.1. The van der Waals surface area contributed by atoms with Crippen molar-refractivity contribution in [2.24, 2.45) is 0 Å². The molecule has 0 radical (unpaired) electrons. The normalized spacial score (nSPS) is 17.3. The number of alkyl halides is 3.